The second-order valence-corrected chi connectivity index (χ2v) is 5.49. The number of methoxy groups -OCH3 is 1. The van der Waals surface area contributed by atoms with Crippen LogP contribution in [0.3, 0.4) is 0 Å². The molecule has 1 N–H and O–H groups in total. The molecule has 0 aromatic heterocycles. The van der Waals surface area contributed by atoms with Crippen LogP contribution in [0.1, 0.15) is 44.4 Å². The Hall–Kier alpha value is -1.06. The lowest BCUT2D eigenvalue weighted by atomic mass is 10.1. The first kappa shape index (κ1) is 12.4. The van der Waals surface area contributed by atoms with E-state index in [0.29, 0.717) is 0 Å². The van der Waals surface area contributed by atoms with E-state index in [9.17, 15) is 0 Å². The highest BCUT2D eigenvalue weighted by atomic mass is 16.7. The lowest BCUT2D eigenvalue weighted by Gasteiger charge is -2.23. The third kappa shape index (κ3) is 2.99. The molecule has 0 saturated heterocycles. The third-order valence-electron chi connectivity index (χ3n) is 2.94. The number of rotatable bonds is 3. The first-order valence-electron chi connectivity index (χ1n) is 6.10. The Kier molecular flexibility index (Phi) is 3.40. The molecule has 1 aromatic carbocycles. The minimum atomic E-state index is -0.165. The maximum Gasteiger partial charge on any atom is 0.119 e. The molecule has 0 spiro atoms. The highest BCUT2D eigenvalue weighted by molar-refractivity contribution is 5.40. The van der Waals surface area contributed by atoms with E-state index in [2.05, 4.69) is 17.6 Å². The van der Waals surface area contributed by atoms with Crippen LogP contribution in [0.4, 0.5) is 0 Å². The van der Waals surface area contributed by atoms with Gasteiger partial charge < -0.3 is 4.74 Å². The number of aryl methyl sites for hydroxylation is 1. The lowest BCUT2D eigenvalue weighted by molar-refractivity contribution is -0.0888. The van der Waals surface area contributed by atoms with Gasteiger partial charge in [-0.05, 0) is 56.9 Å². The van der Waals surface area contributed by atoms with Gasteiger partial charge in [0.15, 0.2) is 0 Å². The van der Waals surface area contributed by atoms with Crippen molar-refractivity contribution in [1.82, 2.24) is 5.48 Å². The van der Waals surface area contributed by atoms with Crippen molar-refractivity contribution in [2.24, 2.45) is 0 Å². The maximum atomic E-state index is 5.65. The average Bonchev–Trinajstić information content (AvgIpc) is 2.67. The molecule has 1 unspecified atom stereocenters. The minimum absolute atomic E-state index is 0.165. The van der Waals surface area contributed by atoms with Gasteiger partial charge in [-0.15, -0.1) is 0 Å². The molecule has 0 saturated carbocycles. The number of hydrogen-bond donors (Lipinski definition) is 1. The van der Waals surface area contributed by atoms with Gasteiger partial charge in [0, 0.05) is 0 Å². The normalized spacial score (nSPS) is 19.2. The Morgan fingerprint density at radius 2 is 2.06 bits per heavy atom. The van der Waals surface area contributed by atoms with E-state index in [0.717, 1.165) is 18.6 Å². The molecule has 3 nitrogen and oxygen atoms in total. The molecule has 2 rings (SSSR count). The Labute approximate surface area is 103 Å². The number of ether oxygens (including phenoxy) is 1. The molecule has 3 heteroatoms. The first-order valence-corrected chi connectivity index (χ1v) is 6.10. The Morgan fingerprint density at radius 3 is 2.71 bits per heavy atom. The van der Waals surface area contributed by atoms with Crippen LogP contribution in [0.2, 0.25) is 0 Å². The van der Waals surface area contributed by atoms with E-state index in [4.69, 9.17) is 9.57 Å². The van der Waals surface area contributed by atoms with Gasteiger partial charge in [-0.25, -0.2) is 0 Å². The zero-order valence-corrected chi connectivity index (χ0v) is 11.0. The SMILES string of the molecule is COc1ccc2c(c1)C(NOC(C)(C)C)CC2. The number of hydrogen-bond acceptors (Lipinski definition) is 3. The molecule has 0 heterocycles. The van der Waals surface area contributed by atoms with Gasteiger partial charge in [-0.3, -0.25) is 4.84 Å². The Bertz CT molecular complexity index is 396. The summed E-state index contributed by atoms with van der Waals surface area (Å²) in [6.45, 7) is 6.13. The van der Waals surface area contributed by atoms with Crippen LogP contribution in [0.25, 0.3) is 0 Å². The summed E-state index contributed by atoms with van der Waals surface area (Å²) in [5.41, 5.74) is 5.70. The van der Waals surface area contributed by atoms with Gasteiger partial charge in [0.25, 0.3) is 0 Å². The topological polar surface area (TPSA) is 30.5 Å². The van der Waals surface area contributed by atoms with Crippen molar-refractivity contribution >= 4 is 0 Å². The fraction of sp³-hybridized carbons (Fsp3) is 0.571. The second-order valence-electron chi connectivity index (χ2n) is 5.49. The standard InChI is InChI=1S/C14H21NO2/c1-14(2,3)17-15-13-8-6-10-5-7-11(16-4)9-12(10)13/h5,7,9,13,15H,6,8H2,1-4H3. The molecule has 0 bridgehead atoms. The summed E-state index contributed by atoms with van der Waals surface area (Å²) in [5.74, 6) is 0.910. The quantitative estimate of drug-likeness (QED) is 0.817. The maximum absolute atomic E-state index is 5.65. The molecule has 0 amide bonds. The number of benzene rings is 1. The van der Waals surface area contributed by atoms with Crippen molar-refractivity contribution in [3.63, 3.8) is 0 Å². The van der Waals surface area contributed by atoms with Gasteiger partial charge in [-0.2, -0.15) is 5.48 Å². The Balaban J connectivity index is 2.10. The molecule has 1 atom stereocenters. The molecular weight excluding hydrogens is 214 g/mol. The van der Waals surface area contributed by atoms with Crippen molar-refractivity contribution in [1.29, 1.82) is 0 Å². The fourth-order valence-electron chi connectivity index (χ4n) is 2.08. The van der Waals surface area contributed by atoms with Crippen LogP contribution in [0.5, 0.6) is 5.75 Å². The number of fused-ring (bicyclic) bond motifs is 1. The summed E-state index contributed by atoms with van der Waals surface area (Å²) in [4.78, 5) is 5.65. The summed E-state index contributed by atoms with van der Waals surface area (Å²) in [6, 6.07) is 6.55. The van der Waals surface area contributed by atoms with E-state index in [1.54, 1.807) is 7.11 Å². The van der Waals surface area contributed by atoms with Crippen LogP contribution >= 0.6 is 0 Å². The smallest absolute Gasteiger partial charge is 0.119 e. The molecule has 1 aliphatic rings. The second kappa shape index (κ2) is 4.67. The zero-order chi connectivity index (χ0) is 12.5. The van der Waals surface area contributed by atoms with Gasteiger partial charge in [0.05, 0.1) is 18.8 Å². The van der Waals surface area contributed by atoms with E-state index in [1.807, 2.05) is 26.8 Å². The lowest BCUT2D eigenvalue weighted by Crippen LogP contribution is -2.31. The van der Waals surface area contributed by atoms with Crippen LogP contribution in [0, 0.1) is 0 Å². The van der Waals surface area contributed by atoms with Crippen molar-refractivity contribution < 1.29 is 9.57 Å². The zero-order valence-electron chi connectivity index (χ0n) is 11.0. The van der Waals surface area contributed by atoms with Crippen LogP contribution < -0.4 is 10.2 Å². The van der Waals surface area contributed by atoms with Gasteiger partial charge in [0.1, 0.15) is 5.75 Å². The van der Waals surface area contributed by atoms with E-state index in [1.165, 1.54) is 11.1 Å². The molecule has 17 heavy (non-hydrogen) atoms. The van der Waals surface area contributed by atoms with Crippen molar-refractivity contribution in [2.75, 3.05) is 7.11 Å². The fourth-order valence-corrected chi connectivity index (χ4v) is 2.08. The van der Waals surface area contributed by atoms with E-state index >= 15 is 0 Å². The largest absolute Gasteiger partial charge is 0.497 e. The van der Waals surface area contributed by atoms with Crippen LogP contribution in [-0.2, 0) is 11.3 Å². The third-order valence-corrected chi connectivity index (χ3v) is 2.94. The van der Waals surface area contributed by atoms with Crippen molar-refractivity contribution in [3.8, 4) is 5.75 Å². The molecule has 0 aliphatic heterocycles. The Morgan fingerprint density at radius 1 is 1.29 bits per heavy atom. The molecular formula is C14H21NO2. The summed E-state index contributed by atoms with van der Waals surface area (Å²) < 4.78 is 5.26. The number of nitrogens with one attached hydrogen (secondary N) is 1. The molecule has 0 radical (unpaired) electrons. The van der Waals surface area contributed by atoms with Crippen molar-refractivity contribution in [2.45, 2.75) is 45.3 Å². The number of hydroxylamine groups is 1. The predicted octanol–water partition coefficient (Wildman–Crippen LogP) is 3.00. The molecule has 0 fully saturated rings. The highest BCUT2D eigenvalue weighted by Gasteiger charge is 2.24. The summed E-state index contributed by atoms with van der Waals surface area (Å²) in [6.07, 6.45) is 2.18. The van der Waals surface area contributed by atoms with Crippen LogP contribution in [0.15, 0.2) is 18.2 Å². The van der Waals surface area contributed by atoms with Gasteiger partial charge in [0.2, 0.25) is 0 Å². The summed E-state index contributed by atoms with van der Waals surface area (Å²) in [7, 11) is 1.70. The minimum Gasteiger partial charge on any atom is -0.497 e. The first-order chi connectivity index (χ1) is 7.99. The molecule has 1 aromatic rings. The predicted molar refractivity (Wildman–Crippen MR) is 68.0 cm³/mol. The summed E-state index contributed by atoms with van der Waals surface area (Å²) in [5, 5.41) is 0. The molecule has 94 valence electrons. The monoisotopic (exact) mass is 235 g/mol. The highest BCUT2D eigenvalue weighted by Crippen LogP contribution is 2.34. The van der Waals surface area contributed by atoms with E-state index < -0.39 is 0 Å². The summed E-state index contributed by atoms with van der Waals surface area (Å²) >= 11 is 0. The van der Waals surface area contributed by atoms with Crippen LogP contribution in [-0.4, -0.2) is 12.7 Å². The molecule has 1 aliphatic carbocycles. The average molecular weight is 235 g/mol. The van der Waals surface area contributed by atoms with Crippen molar-refractivity contribution in [3.05, 3.63) is 29.3 Å². The van der Waals surface area contributed by atoms with Gasteiger partial charge in [-0.1, -0.05) is 6.07 Å². The van der Waals surface area contributed by atoms with Gasteiger partial charge >= 0.3 is 0 Å². The van der Waals surface area contributed by atoms with E-state index in [-0.39, 0.29) is 11.6 Å².